The van der Waals surface area contributed by atoms with Gasteiger partial charge in [0, 0.05) is 5.56 Å². The van der Waals surface area contributed by atoms with Crippen LogP contribution in [0.3, 0.4) is 0 Å². The maximum Gasteiger partial charge on any atom is 0.281 e. The van der Waals surface area contributed by atoms with E-state index < -0.39 is 0 Å². The fourth-order valence-electron chi connectivity index (χ4n) is 3.63. The minimum atomic E-state index is -0.270. The lowest BCUT2D eigenvalue weighted by atomic mass is 10.1. The molecule has 0 saturated carbocycles. The molecule has 1 fully saturated rings. The Balaban J connectivity index is 1.57. The zero-order valence-corrected chi connectivity index (χ0v) is 20.1. The summed E-state index contributed by atoms with van der Waals surface area (Å²) in [5.74, 6) is 1.61. The zero-order valence-electron chi connectivity index (χ0n) is 19.3. The molecule has 0 aliphatic carbocycles. The number of hydrogen-bond donors (Lipinski definition) is 1. The molecule has 1 aliphatic heterocycles. The molecule has 0 aromatic heterocycles. The number of anilines is 1. The summed E-state index contributed by atoms with van der Waals surface area (Å²) in [6.07, 6.45) is 1.74. The first-order valence-electron chi connectivity index (χ1n) is 10.9. The number of amides is 1. The van der Waals surface area contributed by atoms with Crippen LogP contribution in [0, 0.1) is 11.3 Å². The number of thiocarbonyl (C=S) groups is 1. The van der Waals surface area contributed by atoms with Gasteiger partial charge in [-0.2, -0.15) is 5.26 Å². The Hall–Kier alpha value is -4.35. The third-order valence-corrected chi connectivity index (χ3v) is 5.56. The molecule has 1 aliphatic rings. The molecule has 0 bridgehead atoms. The van der Waals surface area contributed by atoms with E-state index in [-0.39, 0.29) is 17.6 Å². The molecule has 35 heavy (non-hydrogen) atoms. The Labute approximate surface area is 209 Å². The van der Waals surface area contributed by atoms with Crippen molar-refractivity contribution in [2.45, 2.75) is 13.5 Å². The quantitative estimate of drug-likeness (QED) is 0.362. The topological polar surface area (TPSA) is 83.8 Å². The highest BCUT2D eigenvalue weighted by molar-refractivity contribution is 7.80. The number of carbonyl (C=O) groups excluding carboxylic acids is 1. The lowest BCUT2D eigenvalue weighted by Crippen LogP contribution is -2.30. The number of carbonyl (C=O) groups is 1. The maximum atomic E-state index is 13.2. The second kappa shape index (κ2) is 10.7. The second-order valence-electron chi connectivity index (χ2n) is 7.53. The van der Waals surface area contributed by atoms with Gasteiger partial charge in [0.15, 0.2) is 5.11 Å². The van der Waals surface area contributed by atoms with Crippen LogP contribution in [-0.4, -0.2) is 24.7 Å². The van der Waals surface area contributed by atoms with Gasteiger partial charge < -0.3 is 19.5 Å². The average Bonchev–Trinajstić information content (AvgIpc) is 3.16. The van der Waals surface area contributed by atoms with E-state index in [4.69, 9.17) is 31.7 Å². The predicted octanol–water partition coefficient (Wildman–Crippen LogP) is 4.81. The van der Waals surface area contributed by atoms with Gasteiger partial charge in [0.25, 0.3) is 5.91 Å². The number of nitriles is 1. The van der Waals surface area contributed by atoms with Crippen LogP contribution in [-0.2, 0) is 11.4 Å². The lowest BCUT2D eigenvalue weighted by molar-refractivity contribution is -0.113. The van der Waals surface area contributed by atoms with Crippen LogP contribution in [0.5, 0.6) is 17.2 Å². The van der Waals surface area contributed by atoms with E-state index >= 15 is 0 Å². The first-order chi connectivity index (χ1) is 17.0. The number of rotatable bonds is 8. The number of benzene rings is 3. The molecule has 4 rings (SSSR count). The first-order valence-corrected chi connectivity index (χ1v) is 11.3. The SMILES string of the molecule is CCOc1ccccc1N1C(=O)/C(=C\c2ccc(OC)c(COc3ccc(C#N)cc3)c2)NC1=S. The zero-order chi connectivity index (χ0) is 24.8. The van der Waals surface area contributed by atoms with Crippen LogP contribution in [0.25, 0.3) is 6.08 Å². The van der Waals surface area contributed by atoms with Gasteiger partial charge in [-0.1, -0.05) is 18.2 Å². The molecular weight excluding hydrogens is 462 g/mol. The second-order valence-corrected chi connectivity index (χ2v) is 7.91. The third kappa shape index (κ3) is 5.26. The fourth-order valence-corrected chi connectivity index (χ4v) is 3.92. The van der Waals surface area contributed by atoms with Gasteiger partial charge in [-0.15, -0.1) is 0 Å². The fraction of sp³-hybridized carbons (Fsp3) is 0.148. The van der Waals surface area contributed by atoms with Crippen molar-refractivity contribution in [1.82, 2.24) is 5.32 Å². The Kier molecular flexibility index (Phi) is 7.29. The molecule has 0 atom stereocenters. The van der Waals surface area contributed by atoms with E-state index in [1.54, 1.807) is 49.6 Å². The molecule has 1 heterocycles. The molecular formula is C27H23N3O4S. The van der Waals surface area contributed by atoms with E-state index in [0.29, 0.717) is 40.8 Å². The van der Waals surface area contributed by atoms with Crippen molar-refractivity contribution in [2.75, 3.05) is 18.6 Å². The Morgan fingerprint density at radius 1 is 1.06 bits per heavy atom. The van der Waals surface area contributed by atoms with Gasteiger partial charge in [0.1, 0.15) is 29.6 Å². The van der Waals surface area contributed by atoms with Crippen molar-refractivity contribution >= 4 is 35.0 Å². The molecule has 0 radical (unpaired) electrons. The highest BCUT2D eigenvalue weighted by Gasteiger charge is 2.33. The minimum absolute atomic E-state index is 0.250. The van der Waals surface area contributed by atoms with Crippen molar-refractivity contribution in [2.24, 2.45) is 0 Å². The van der Waals surface area contributed by atoms with Crippen LogP contribution in [0.1, 0.15) is 23.6 Å². The van der Waals surface area contributed by atoms with Gasteiger partial charge in [0.2, 0.25) is 0 Å². The monoisotopic (exact) mass is 485 g/mol. The van der Waals surface area contributed by atoms with Gasteiger partial charge in [0.05, 0.1) is 31.0 Å². The summed E-state index contributed by atoms with van der Waals surface area (Å²) in [6, 6.07) is 21.8. The van der Waals surface area contributed by atoms with Gasteiger partial charge in [-0.05, 0) is 79.3 Å². The van der Waals surface area contributed by atoms with E-state index in [2.05, 4.69) is 11.4 Å². The number of hydrogen-bond acceptors (Lipinski definition) is 6. The molecule has 1 saturated heterocycles. The number of nitrogens with one attached hydrogen (secondary N) is 1. The molecule has 0 unspecified atom stereocenters. The molecule has 1 amide bonds. The molecule has 0 spiro atoms. The van der Waals surface area contributed by atoms with Gasteiger partial charge in [-0.3, -0.25) is 4.79 Å². The molecule has 3 aromatic rings. The summed E-state index contributed by atoms with van der Waals surface area (Å²) in [5, 5.41) is 12.2. The highest BCUT2D eigenvalue weighted by atomic mass is 32.1. The lowest BCUT2D eigenvalue weighted by Gasteiger charge is -2.18. The van der Waals surface area contributed by atoms with E-state index in [1.807, 2.05) is 37.3 Å². The van der Waals surface area contributed by atoms with Crippen molar-refractivity contribution in [3.05, 3.63) is 89.1 Å². The minimum Gasteiger partial charge on any atom is -0.496 e. The van der Waals surface area contributed by atoms with Crippen molar-refractivity contribution < 1.29 is 19.0 Å². The summed E-state index contributed by atoms with van der Waals surface area (Å²) in [4.78, 5) is 14.7. The molecule has 7 nitrogen and oxygen atoms in total. The van der Waals surface area contributed by atoms with Crippen molar-refractivity contribution in [1.29, 1.82) is 5.26 Å². The Morgan fingerprint density at radius 3 is 2.54 bits per heavy atom. The first kappa shape index (κ1) is 23.8. The molecule has 1 N–H and O–H groups in total. The standard InChI is InChI=1S/C27H23N3O4S/c1-3-33-25-7-5-4-6-23(25)30-26(31)22(29-27(30)35)15-19-10-13-24(32-2)20(14-19)17-34-21-11-8-18(16-28)9-12-21/h4-15H,3,17H2,1-2H3,(H,29,35)/b22-15+. The molecule has 3 aromatic carbocycles. The van der Waals surface area contributed by atoms with Gasteiger partial charge in [-0.25, -0.2) is 4.90 Å². The van der Waals surface area contributed by atoms with Crippen molar-refractivity contribution in [3.63, 3.8) is 0 Å². The summed E-state index contributed by atoms with van der Waals surface area (Å²) >= 11 is 5.45. The van der Waals surface area contributed by atoms with Crippen LogP contribution < -0.4 is 24.4 Å². The summed E-state index contributed by atoms with van der Waals surface area (Å²) in [7, 11) is 1.59. The van der Waals surface area contributed by atoms with E-state index in [1.165, 1.54) is 4.90 Å². The number of nitrogens with zero attached hydrogens (tertiary/aromatic N) is 2. The predicted molar refractivity (Wildman–Crippen MR) is 137 cm³/mol. The number of ether oxygens (including phenoxy) is 3. The largest absolute Gasteiger partial charge is 0.496 e. The van der Waals surface area contributed by atoms with Crippen LogP contribution >= 0.6 is 12.2 Å². The highest BCUT2D eigenvalue weighted by Crippen LogP contribution is 2.32. The van der Waals surface area contributed by atoms with Gasteiger partial charge >= 0.3 is 0 Å². The average molecular weight is 486 g/mol. The van der Waals surface area contributed by atoms with Crippen molar-refractivity contribution in [3.8, 4) is 23.3 Å². The van der Waals surface area contributed by atoms with E-state index in [0.717, 1.165) is 11.1 Å². The summed E-state index contributed by atoms with van der Waals surface area (Å²) < 4.78 is 17.0. The number of methoxy groups -OCH3 is 1. The molecule has 8 heteroatoms. The smallest absolute Gasteiger partial charge is 0.281 e. The summed E-state index contributed by atoms with van der Waals surface area (Å²) in [6.45, 7) is 2.61. The Bertz CT molecular complexity index is 1330. The molecule has 176 valence electrons. The number of para-hydroxylation sites is 2. The van der Waals surface area contributed by atoms with Crippen LogP contribution in [0.2, 0.25) is 0 Å². The third-order valence-electron chi connectivity index (χ3n) is 5.28. The van der Waals surface area contributed by atoms with E-state index in [9.17, 15) is 4.79 Å². The van der Waals surface area contributed by atoms with Crippen LogP contribution in [0.15, 0.2) is 72.4 Å². The Morgan fingerprint density at radius 2 is 1.83 bits per heavy atom. The summed E-state index contributed by atoms with van der Waals surface area (Å²) in [5.41, 5.74) is 3.09. The van der Waals surface area contributed by atoms with Crippen LogP contribution in [0.4, 0.5) is 5.69 Å². The maximum absolute atomic E-state index is 13.2. The normalized spacial score (nSPS) is 14.0.